The van der Waals surface area contributed by atoms with Gasteiger partial charge in [-0.05, 0) is 73.2 Å². The first-order valence-corrected chi connectivity index (χ1v) is 12.0. The van der Waals surface area contributed by atoms with Gasteiger partial charge in [0.2, 0.25) is 5.91 Å². The molecule has 4 rings (SSSR count). The maximum Gasteiger partial charge on any atom is 0.416 e. The van der Waals surface area contributed by atoms with Crippen LogP contribution in [-0.4, -0.2) is 40.9 Å². The van der Waals surface area contributed by atoms with Crippen LogP contribution in [0.4, 0.5) is 35.5 Å². The molecule has 0 spiro atoms. The molecule has 38 heavy (non-hydrogen) atoms. The number of rotatable bonds is 5. The van der Waals surface area contributed by atoms with Gasteiger partial charge in [0, 0.05) is 37.5 Å². The van der Waals surface area contributed by atoms with E-state index in [0.717, 1.165) is 0 Å². The zero-order chi connectivity index (χ0) is 28.0. The summed E-state index contributed by atoms with van der Waals surface area (Å²) in [5.41, 5.74) is 3.45. The van der Waals surface area contributed by atoms with Crippen LogP contribution < -0.4 is 5.73 Å². The highest BCUT2D eigenvalue weighted by molar-refractivity contribution is 5.81. The number of alkyl halides is 6. The number of benzene rings is 2. The van der Waals surface area contributed by atoms with Crippen molar-refractivity contribution >= 4 is 11.9 Å². The number of hydrogen-bond acceptors (Lipinski definition) is 2. The summed E-state index contributed by atoms with van der Waals surface area (Å²) in [5.74, 6) is -2.24. The number of amides is 3. The zero-order valence-corrected chi connectivity index (χ0v) is 20.4. The minimum atomic E-state index is -5.00. The smallest absolute Gasteiger partial charge is 0.351 e. The van der Waals surface area contributed by atoms with E-state index in [2.05, 4.69) is 0 Å². The molecule has 0 bridgehead atoms. The van der Waals surface area contributed by atoms with Gasteiger partial charge >= 0.3 is 18.4 Å². The summed E-state index contributed by atoms with van der Waals surface area (Å²) in [5, 5.41) is 0. The molecule has 0 radical (unpaired) electrons. The Bertz CT molecular complexity index is 1190. The average Bonchev–Trinajstić information content (AvgIpc) is 3.66. The van der Waals surface area contributed by atoms with E-state index in [-0.39, 0.29) is 37.2 Å². The molecule has 3 amide bonds. The number of halogens is 7. The monoisotopic (exact) mass is 545 g/mol. The van der Waals surface area contributed by atoms with Gasteiger partial charge < -0.3 is 15.5 Å². The minimum absolute atomic E-state index is 0.0552. The van der Waals surface area contributed by atoms with Gasteiger partial charge in [-0.1, -0.05) is 6.07 Å². The van der Waals surface area contributed by atoms with Crippen molar-refractivity contribution in [3.05, 3.63) is 70.0 Å². The maximum atomic E-state index is 13.9. The Balaban J connectivity index is 1.69. The van der Waals surface area contributed by atoms with Crippen molar-refractivity contribution < 1.29 is 40.3 Å². The van der Waals surface area contributed by atoms with E-state index in [1.165, 1.54) is 28.0 Å². The number of aryl methyl sites for hydroxylation is 1. The molecule has 1 aliphatic heterocycles. The summed E-state index contributed by atoms with van der Waals surface area (Å²) in [6.07, 6.45) is -8.69. The van der Waals surface area contributed by atoms with Gasteiger partial charge in [-0.2, -0.15) is 26.3 Å². The Morgan fingerprint density at radius 3 is 2.08 bits per heavy atom. The predicted molar refractivity (Wildman–Crippen MR) is 123 cm³/mol. The molecule has 2 N–H and O–H groups in total. The lowest BCUT2D eigenvalue weighted by Gasteiger charge is -2.40. The van der Waals surface area contributed by atoms with Gasteiger partial charge in [0.1, 0.15) is 5.82 Å². The third-order valence-electron chi connectivity index (χ3n) is 7.14. The van der Waals surface area contributed by atoms with Gasteiger partial charge in [0.25, 0.3) is 0 Å². The quantitative estimate of drug-likeness (QED) is 0.480. The van der Waals surface area contributed by atoms with Crippen LogP contribution in [0, 0.1) is 18.7 Å². The molecule has 1 aliphatic carbocycles. The van der Waals surface area contributed by atoms with E-state index in [0.29, 0.717) is 36.1 Å². The van der Waals surface area contributed by atoms with Gasteiger partial charge in [-0.3, -0.25) is 4.79 Å². The SMILES string of the molecule is Cc1cc(F)ccc1C1CN(C(N)=O)CCC1C(=O)N(Cc1cc(C(F)(F)F)cc(C(F)(F)F)c1)C1CC1. The van der Waals surface area contributed by atoms with E-state index in [1.807, 2.05) is 0 Å². The minimum Gasteiger partial charge on any atom is -0.351 e. The number of carbonyl (C=O) groups is 2. The van der Waals surface area contributed by atoms with Crippen molar-refractivity contribution in [3.63, 3.8) is 0 Å². The fourth-order valence-corrected chi connectivity index (χ4v) is 5.11. The van der Waals surface area contributed by atoms with Crippen LogP contribution >= 0.6 is 0 Å². The molecule has 2 fully saturated rings. The molecule has 1 saturated heterocycles. The molecular formula is C26H26F7N3O2. The Labute approximate surface area is 214 Å². The molecule has 1 heterocycles. The number of nitrogens with zero attached hydrogens (tertiary/aromatic N) is 2. The fraction of sp³-hybridized carbons (Fsp3) is 0.462. The summed E-state index contributed by atoms with van der Waals surface area (Å²) < 4.78 is 94.1. The van der Waals surface area contributed by atoms with Gasteiger partial charge in [-0.15, -0.1) is 0 Å². The van der Waals surface area contributed by atoms with Crippen LogP contribution in [0.2, 0.25) is 0 Å². The van der Waals surface area contributed by atoms with Crippen LogP contribution in [0.15, 0.2) is 36.4 Å². The van der Waals surface area contributed by atoms with Crippen molar-refractivity contribution in [3.8, 4) is 0 Å². The molecule has 2 aromatic carbocycles. The number of urea groups is 1. The molecule has 0 aromatic heterocycles. The molecule has 2 aliphatic rings. The van der Waals surface area contributed by atoms with E-state index in [4.69, 9.17) is 5.73 Å². The Kier molecular flexibility index (Phi) is 7.37. The number of likely N-dealkylation sites (tertiary alicyclic amines) is 1. The van der Waals surface area contributed by atoms with E-state index in [9.17, 15) is 40.3 Å². The first-order chi connectivity index (χ1) is 17.6. The fourth-order valence-electron chi connectivity index (χ4n) is 5.11. The lowest BCUT2D eigenvalue weighted by Crippen LogP contribution is -2.50. The zero-order valence-electron chi connectivity index (χ0n) is 20.4. The third kappa shape index (κ3) is 6.05. The Hall–Kier alpha value is -3.31. The van der Waals surface area contributed by atoms with Crippen LogP contribution in [0.5, 0.6) is 0 Å². The second-order valence-electron chi connectivity index (χ2n) is 9.90. The van der Waals surface area contributed by atoms with E-state index in [1.54, 1.807) is 6.92 Å². The van der Waals surface area contributed by atoms with Crippen molar-refractivity contribution in [1.82, 2.24) is 9.80 Å². The first kappa shape index (κ1) is 27.7. The lowest BCUT2D eigenvalue weighted by atomic mass is 9.78. The predicted octanol–water partition coefficient (Wildman–Crippen LogP) is 5.85. The highest BCUT2D eigenvalue weighted by atomic mass is 19.4. The summed E-state index contributed by atoms with van der Waals surface area (Å²) in [6.45, 7) is 1.45. The van der Waals surface area contributed by atoms with E-state index >= 15 is 0 Å². The molecule has 5 nitrogen and oxygen atoms in total. The van der Waals surface area contributed by atoms with E-state index < -0.39 is 59.6 Å². The largest absolute Gasteiger partial charge is 0.416 e. The molecule has 12 heteroatoms. The van der Waals surface area contributed by atoms with Gasteiger partial charge in [-0.25, -0.2) is 9.18 Å². The average molecular weight is 545 g/mol. The maximum absolute atomic E-state index is 13.9. The van der Waals surface area contributed by atoms with Crippen molar-refractivity contribution in [2.75, 3.05) is 13.1 Å². The Morgan fingerprint density at radius 2 is 1.58 bits per heavy atom. The topological polar surface area (TPSA) is 66.6 Å². The number of carbonyl (C=O) groups excluding carboxylic acids is 2. The number of primary amides is 1. The Morgan fingerprint density at radius 1 is 0.974 bits per heavy atom. The second-order valence-corrected chi connectivity index (χ2v) is 9.90. The summed E-state index contributed by atoms with van der Waals surface area (Å²) in [4.78, 5) is 28.4. The van der Waals surface area contributed by atoms with Crippen molar-refractivity contribution in [1.29, 1.82) is 0 Å². The highest BCUT2D eigenvalue weighted by Crippen LogP contribution is 2.40. The molecule has 2 unspecified atom stereocenters. The van der Waals surface area contributed by atoms with Crippen LogP contribution in [0.25, 0.3) is 0 Å². The van der Waals surface area contributed by atoms with Crippen LogP contribution in [0.1, 0.15) is 53.0 Å². The highest BCUT2D eigenvalue weighted by Gasteiger charge is 2.43. The molecule has 206 valence electrons. The number of nitrogens with two attached hydrogens (primary N) is 1. The standard InChI is InChI=1S/C26H26F7N3O2/c1-14-8-18(27)2-5-20(14)22-13-35(24(34)38)7-6-21(22)23(37)36(19-3-4-19)12-15-9-16(25(28,29)30)11-17(10-15)26(31,32)33/h2,5,8-11,19,21-22H,3-4,6-7,12-13H2,1H3,(H2,34,38). The van der Waals surface area contributed by atoms with Crippen molar-refractivity contribution in [2.45, 2.75) is 57.0 Å². The molecule has 1 saturated carbocycles. The molecule has 2 aromatic rings. The summed E-state index contributed by atoms with van der Waals surface area (Å²) in [6, 6.07) is 4.35. The summed E-state index contributed by atoms with van der Waals surface area (Å²) in [7, 11) is 0. The van der Waals surface area contributed by atoms with Crippen LogP contribution in [-0.2, 0) is 23.7 Å². The van der Waals surface area contributed by atoms with Gasteiger partial charge in [0.05, 0.1) is 11.1 Å². The molecule has 2 atom stereocenters. The normalized spacial score (nSPS) is 20.4. The van der Waals surface area contributed by atoms with Crippen LogP contribution in [0.3, 0.4) is 0 Å². The van der Waals surface area contributed by atoms with Gasteiger partial charge in [0.15, 0.2) is 0 Å². The molecular weight excluding hydrogens is 519 g/mol. The van der Waals surface area contributed by atoms with Crippen molar-refractivity contribution in [2.24, 2.45) is 11.7 Å². The number of piperidine rings is 1. The third-order valence-corrected chi connectivity index (χ3v) is 7.14. The second kappa shape index (κ2) is 10.1. The lowest BCUT2D eigenvalue weighted by molar-refractivity contribution is -0.143. The first-order valence-electron chi connectivity index (χ1n) is 12.0. The summed E-state index contributed by atoms with van der Waals surface area (Å²) >= 11 is 0. The number of hydrogen-bond donors (Lipinski definition) is 1.